The van der Waals surface area contributed by atoms with E-state index in [1.54, 1.807) is 62.6 Å². The van der Waals surface area contributed by atoms with E-state index < -0.39 is 21.7 Å². The van der Waals surface area contributed by atoms with Crippen LogP contribution in [0.3, 0.4) is 0 Å². The molecule has 2 saturated carbocycles. The maximum Gasteiger partial charge on any atom is 0.244 e. The van der Waals surface area contributed by atoms with Gasteiger partial charge in [-0.1, -0.05) is 84.4 Å². The Kier molecular flexibility index (Phi) is 16.9. The molecule has 3 aromatic carbocycles. The molecule has 3 N–H and O–H groups in total. The first-order chi connectivity index (χ1) is 35.9. The molecule has 9 rings (SSSR count). The molecule has 4 atom stereocenters. The van der Waals surface area contributed by atoms with E-state index in [1.807, 2.05) is 0 Å². The fraction of sp³-hybridized carbons (Fsp3) is 0.603. The maximum atomic E-state index is 16.2. The van der Waals surface area contributed by atoms with Crippen LogP contribution in [0.1, 0.15) is 123 Å². The molecule has 17 heteroatoms. The van der Waals surface area contributed by atoms with Crippen LogP contribution in [0.25, 0.3) is 5.57 Å². The van der Waals surface area contributed by atoms with Crippen molar-refractivity contribution in [3.63, 3.8) is 0 Å². The molecule has 14 nitrogen and oxygen atoms in total. The van der Waals surface area contributed by atoms with E-state index in [1.165, 1.54) is 49.1 Å². The molecule has 2 aliphatic carbocycles. The number of carbonyl (C=O) groups is 2. The number of nitriles is 1. The van der Waals surface area contributed by atoms with Crippen LogP contribution < -0.4 is 30.2 Å². The number of nitrogens with one attached hydrogen (secondary N) is 3. The summed E-state index contributed by atoms with van der Waals surface area (Å²) in [6.45, 7) is 14.4. The summed E-state index contributed by atoms with van der Waals surface area (Å²) >= 11 is 6.35. The van der Waals surface area contributed by atoms with Crippen LogP contribution in [-0.2, 0) is 19.4 Å². The Bertz CT molecular complexity index is 2740. The zero-order valence-corrected chi connectivity index (χ0v) is 46.2. The van der Waals surface area contributed by atoms with Crippen molar-refractivity contribution in [3.8, 4) is 29.1 Å². The predicted molar refractivity (Wildman–Crippen MR) is 288 cm³/mol. The lowest BCUT2D eigenvalue weighted by molar-refractivity contribution is -0.176. The molecule has 75 heavy (non-hydrogen) atoms. The van der Waals surface area contributed by atoms with Gasteiger partial charge in [0.1, 0.15) is 30.0 Å². The van der Waals surface area contributed by atoms with Crippen molar-refractivity contribution in [2.75, 3.05) is 52.1 Å². The number of amides is 2. The Balaban J connectivity index is 0.793. The van der Waals surface area contributed by atoms with Gasteiger partial charge in [0.25, 0.3) is 0 Å². The lowest BCUT2D eigenvalue weighted by Gasteiger charge is -2.63. The molecule has 0 aromatic heterocycles. The van der Waals surface area contributed by atoms with Crippen molar-refractivity contribution in [2.45, 2.75) is 147 Å². The average molecular weight is 1070 g/mol. The first-order valence-electron chi connectivity index (χ1n) is 27.5. The van der Waals surface area contributed by atoms with Crippen molar-refractivity contribution in [1.82, 2.24) is 30.7 Å². The number of likely N-dealkylation sites (N-methyl/N-ethyl adjacent to an activating group) is 1. The van der Waals surface area contributed by atoms with Crippen LogP contribution in [0.5, 0.6) is 23.0 Å². The standard InChI is InChI=1S/C58H77ClFN7O7S/c1-7-75(70,71)42-22-23-47(44(32-42)45-36-65(6)53(69)51-43(45)24-27-62-51)74-49-19-13-18-48(50(49)60)72-30-14-15-37-25-28-66(29-26-37)56-63-34-39(35-67(56)40-16-11-9-8-10-12-17-40)52(68)64-54-57(2,3)55(58(54,4)5)73-41-21-20-38(33-61)46(59)31-41/h13,18-23,31-32,36-37,39-40,43,51,54-56,62-63H,7-12,14-17,24-30,34-35H2,1-6H3,(H,64,68). The molecule has 6 aliphatic rings. The highest BCUT2D eigenvalue weighted by molar-refractivity contribution is 7.91. The van der Waals surface area contributed by atoms with Crippen molar-refractivity contribution >= 4 is 38.8 Å². The second-order valence-electron chi connectivity index (χ2n) is 23.1. The van der Waals surface area contributed by atoms with E-state index in [9.17, 15) is 23.3 Å². The molecule has 4 aliphatic heterocycles. The summed E-state index contributed by atoms with van der Waals surface area (Å²) in [5.41, 5.74) is 0.967. The Labute approximate surface area is 448 Å². The molecule has 3 aromatic rings. The normalized spacial score (nSPS) is 26.7. The molecular formula is C58H77ClFN7O7S. The van der Waals surface area contributed by atoms with Crippen LogP contribution in [0.4, 0.5) is 4.39 Å². The first kappa shape index (κ1) is 55.0. The van der Waals surface area contributed by atoms with Crippen molar-refractivity contribution in [2.24, 2.45) is 28.6 Å². The average Bonchev–Trinajstić information content (AvgIpc) is 3.92. The monoisotopic (exact) mass is 1070 g/mol. The molecule has 2 amide bonds. The minimum atomic E-state index is -3.57. The quantitative estimate of drug-likeness (QED) is 0.117. The highest BCUT2D eigenvalue weighted by Crippen LogP contribution is 2.56. The van der Waals surface area contributed by atoms with Gasteiger partial charge in [-0.15, -0.1) is 0 Å². The number of benzene rings is 3. The number of halogens is 2. The summed E-state index contributed by atoms with van der Waals surface area (Å²) in [5, 5.41) is 20.4. The van der Waals surface area contributed by atoms with Gasteiger partial charge in [-0.25, -0.2) is 8.42 Å². The third kappa shape index (κ3) is 11.6. The molecular weight excluding hydrogens is 993 g/mol. The SMILES string of the molecule is CCS(=O)(=O)c1ccc(Oc2cccc(OCCCC3CCN(C4NCC(C(=O)NC5C(C)(C)C(Oc6ccc(C#N)c(Cl)c6)C5(C)C)CN4C4CCCCCCC4)CC3)c2F)c(C2=CN(C)C(=O)C3NCCC23)c1. The molecule has 5 fully saturated rings. The van der Waals surface area contributed by atoms with E-state index in [0.29, 0.717) is 72.3 Å². The predicted octanol–water partition coefficient (Wildman–Crippen LogP) is 9.51. The van der Waals surface area contributed by atoms with Gasteiger partial charge in [0.15, 0.2) is 21.3 Å². The Morgan fingerprint density at radius 3 is 2.36 bits per heavy atom. The maximum absolute atomic E-state index is 16.2. The highest BCUT2D eigenvalue weighted by Gasteiger charge is 2.64. The van der Waals surface area contributed by atoms with E-state index in [-0.39, 0.29) is 75.1 Å². The van der Waals surface area contributed by atoms with Crippen molar-refractivity contribution < 1.29 is 36.6 Å². The second-order valence-corrected chi connectivity index (χ2v) is 25.8. The van der Waals surface area contributed by atoms with Gasteiger partial charge in [-0.2, -0.15) is 9.65 Å². The van der Waals surface area contributed by atoms with Crippen LogP contribution in [0.15, 0.2) is 65.7 Å². The lowest BCUT2D eigenvalue weighted by Crippen LogP contribution is -2.75. The van der Waals surface area contributed by atoms with E-state index in [2.05, 4.69) is 59.5 Å². The molecule has 3 saturated heterocycles. The number of fused-ring (bicyclic) bond motifs is 1. The lowest BCUT2D eigenvalue weighted by atomic mass is 9.49. The summed E-state index contributed by atoms with van der Waals surface area (Å²) in [6, 6.07) is 16.6. The number of piperidine rings is 1. The number of carbonyl (C=O) groups excluding carboxylic acids is 2. The zero-order chi connectivity index (χ0) is 53.2. The summed E-state index contributed by atoms with van der Waals surface area (Å²) in [5.74, 6) is 0.376. The zero-order valence-electron chi connectivity index (χ0n) is 44.6. The van der Waals surface area contributed by atoms with Gasteiger partial charge in [0, 0.05) is 79.9 Å². The van der Waals surface area contributed by atoms with E-state index >= 15 is 4.39 Å². The topological polar surface area (TPSA) is 166 Å². The van der Waals surface area contributed by atoms with Gasteiger partial charge in [0.2, 0.25) is 17.6 Å². The highest BCUT2D eigenvalue weighted by atomic mass is 35.5. The summed E-state index contributed by atoms with van der Waals surface area (Å²) in [7, 11) is -1.89. The van der Waals surface area contributed by atoms with Crippen molar-refractivity contribution in [1.29, 1.82) is 5.26 Å². The smallest absolute Gasteiger partial charge is 0.244 e. The van der Waals surface area contributed by atoms with Gasteiger partial charge < -0.3 is 29.7 Å². The summed E-state index contributed by atoms with van der Waals surface area (Å²) in [4.78, 5) is 34.2. The Morgan fingerprint density at radius 2 is 1.65 bits per heavy atom. The minimum Gasteiger partial charge on any atom is -0.490 e. The number of sulfone groups is 1. The van der Waals surface area contributed by atoms with Gasteiger partial charge >= 0.3 is 0 Å². The van der Waals surface area contributed by atoms with Crippen LogP contribution in [-0.4, -0.2) is 118 Å². The Morgan fingerprint density at radius 1 is 0.933 bits per heavy atom. The number of nitrogens with zero attached hydrogens (tertiary/aromatic N) is 4. The van der Waals surface area contributed by atoms with E-state index in [0.717, 1.165) is 57.2 Å². The van der Waals surface area contributed by atoms with E-state index in [4.69, 9.17) is 25.8 Å². The van der Waals surface area contributed by atoms with Crippen LogP contribution >= 0.6 is 11.6 Å². The van der Waals surface area contributed by atoms with Crippen LogP contribution in [0.2, 0.25) is 5.02 Å². The number of hydrogen-bond acceptors (Lipinski definition) is 12. The van der Waals surface area contributed by atoms with Crippen molar-refractivity contribution in [3.05, 3.63) is 82.8 Å². The molecule has 406 valence electrons. The fourth-order valence-corrected chi connectivity index (χ4v) is 14.6. The second kappa shape index (κ2) is 23.1. The van der Waals surface area contributed by atoms with Gasteiger partial charge in [-0.3, -0.25) is 24.7 Å². The number of ether oxygens (including phenoxy) is 3. The number of hydrogen-bond donors (Lipinski definition) is 3. The molecule has 0 bridgehead atoms. The molecule has 4 unspecified atom stereocenters. The number of likely N-dealkylation sites (tertiary alicyclic amines) is 1. The third-order valence-corrected chi connectivity index (χ3v) is 19.4. The summed E-state index contributed by atoms with van der Waals surface area (Å²) in [6.07, 6.45) is 14.6. The Hall–Kier alpha value is -4.76. The van der Waals surface area contributed by atoms with Crippen LogP contribution in [0, 0.1) is 45.7 Å². The molecule has 4 heterocycles. The minimum absolute atomic E-state index is 0.0378. The molecule has 0 radical (unpaired) electrons. The number of rotatable bonds is 16. The first-order valence-corrected chi connectivity index (χ1v) is 29.5. The fourth-order valence-electron chi connectivity index (χ4n) is 13.4. The summed E-state index contributed by atoms with van der Waals surface area (Å²) < 4.78 is 61.2. The third-order valence-electron chi connectivity index (χ3n) is 17.4. The largest absolute Gasteiger partial charge is 0.490 e. The molecule has 0 spiro atoms. The van der Waals surface area contributed by atoms with Gasteiger partial charge in [0.05, 0.1) is 39.8 Å². The van der Waals surface area contributed by atoms with Gasteiger partial charge in [-0.05, 0) is 105 Å².